The summed E-state index contributed by atoms with van der Waals surface area (Å²) >= 11 is 1.90. The van der Waals surface area contributed by atoms with Crippen LogP contribution in [-0.2, 0) is 17.6 Å². The number of hydrogen-bond acceptors (Lipinski definition) is 4. The first-order valence-electron chi connectivity index (χ1n) is 15.3. The van der Waals surface area contributed by atoms with Crippen molar-refractivity contribution in [3.8, 4) is 22.8 Å². The molecule has 0 radical (unpaired) electrons. The van der Waals surface area contributed by atoms with Crippen molar-refractivity contribution in [1.82, 2.24) is 14.8 Å². The molecule has 5 aromatic rings. The molecule has 44 heavy (non-hydrogen) atoms. The number of H-pyrrole nitrogens is 1. The maximum Gasteiger partial charge on any atom is 0.303 e. The van der Waals surface area contributed by atoms with Crippen LogP contribution in [0.25, 0.3) is 22.2 Å². The highest BCUT2D eigenvalue weighted by atomic mass is 32.2. The molecule has 1 atom stereocenters. The van der Waals surface area contributed by atoms with Crippen LogP contribution < -0.4 is 4.74 Å². The maximum atomic E-state index is 15.5. The molecule has 2 aromatic heterocycles. The molecule has 8 heteroatoms. The molecule has 6 rings (SSSR count). The van der Waals surface area contributed by atoms with Crippen LogP contribution in [0.5, 0.6) is 11.5 Å². The summed E-state index contributed by atoms with van der Waals surface area (Å²) in [5, 5.41) is 15.2. The molecule has 1 unspecified atom stereocenters. The van der Waals surface area contributed by atoms with Crippen LogP contribution in [0.15, 0.2) is 79.1 Å². The van der Waals surface area contributed by atoms with Gasteiger partial charge in [0.15, 0.2) is 11.6 Å². The molecule has 6 nitrogen and oxygen atoms in total. The molecular weight excluding hydrogens is 573 g/mol. The third-order valence-corrected chi connectivity index (χ3v) is 9.91. The van der Waals surface area contributed by atoms with Crippen molar-refractivity contribution in [1.29, 1.82) is 0 Å². The molecule has 228 valence electrons. The van der Waals surface area contributed by atoms with Gasteiger partial charge in [0.1, 0.15) is 5.75 Å². The van der Waals surface area contributed by atoms with Crippen molar-refractivity contribution < 1.29 is 19.0 Å². The van der Waals surface area contributed by atoms with Gasteiger partial charge in [0, 0.05) is 46.9 Å². The topological polar surface area (TPSA) is 80.1 Å². The van der Waals surface area contributed by atoms with Crippen LogP contribution in [0, 0.1) is 11.2 Å². The van der Waals surface area contributed by atoms with Gasteiger partial charge >= 0.3 is 5.97 Å². The average Bonchev–Trinajstić information content (AvgIpc) is 3.68. The van der Waals surface area contributed by atoms with Crippen molar-refractivity contribution >= 4 is 28.6 Å². The summed E-state index contributed by atoms with van der Waals surface area (Å²) in [5.41, 5.74) is 5.63. The SMILES string of the molecule is CC1(C)CCCC(c2cccc(CCC(=O)O)c2)n2ccc(n2)-c2cccc(c2)Oc2c(F)cc3[nH]ccc3c2CCSC1. The van der Waals surface area contributed by atoms with E-state index < -0.39 is 5.97 Å². The van der Waals surface area contributed by atoms with Crippen LogP contribution in [-0.4, -0.2) is 37.3 Å². The van der Waals surface area contributed by atoms with Gasteiger partial charge in [-0.2, -0.15) is 16.9 Å². The molecule has 1 aliphatic rings. The number of rotatable bonds is 4. The lowest BCUT2D eigenvalue weighted by atomic mass is 9.87. The molecule has 3 aromatic carbocycles. The van der Waals surface area contributed by atoms with Gasteiger partial charge < -0.3 is 14.8 Å². The van der Waals surface area contributed by atoms with E-state index >= 15 is 4.39 Å². The van der Waals surface area contributed by atoms with Gasteiger partial charge in [-0.05, 0) is 78.0 Å². The number of aryl methyl sites for hydroxylation is 2. The molecule has 2 N–H and O–H groups in total. The first-order chi connectivity index (χ1) is 21.3. The lowest BCUT2D eigenvalue weighted by molar-refractivity contribution is -0.136. The average molecular weight is 612 g/mol. The molecule has 0 amide bonds. The fourth-order valence-electron chi connectivity index (χ4n) is 6.11. The summed E-state index contributed by atoms with van der Waals surface area (Å²) in [6.45, 7) is 4.64. The van der Waals surface area contributed by atoms with Crippen molar-refractivity contribution in [3.63, 3.8) is 0 Å². The molecule has 0 saturated heterocycles. The van der Waals surface area contributed by atoms with Gasteiger partial charge in [-0.25, -0.2) is 4.39 Å². The first-order valence-corrected chi connectivity index (χ1v) is 16.4. The van der Waals surface area contributed by atoms with Crippen LogP contribution in [0.4, 0.5) is 4.39 Å². The molecule has 3 heterocycles. The predicted molar refractivity (Wildman–Crippen MR) is 175 cm³/mol. The highest BCUT2D eigenvalue weighted by Crippen LogP contribution is 2.38. The molecule has 0 aliphatic carbocycles. The van der Waals surface area contributed by atoms with E-state index in [0.29, 0.717) is 18.6 Å². The van der Waals surface area contributed by atoms with Crippen molar-refractivity contribution in [2.45, 2.75) is 58.4 Å². The summed E-state index contributed by atoms with van der Waals surface area (Å²) in [6, 6.07) is 21.5. The van der Waals surface area contributed by atoms with Crippen molar-refractivity contribution in [2.24, 2.45) is 5.41 Å². The molecular formula is C36H38FN3O3S. The second-order valence-corrected chi connectivity index (χ2v) is 13.5. The molecule has 0 saturated carbocycles. The summed E-state index contributed by atoms with van der Waals surface area (Å²) in [4.78, 5) is 14.4. The largest absolute Gasteiger partial charge is 0.481 e. The fourth-order valence-corrected chi connectivity index (χ4v) is 7.30. The van der Waals surface area contributed by atoms with Gasteiger partial charge in [-0.15, -0.1) is 0 Å². The van der Waals surface area contributed by atoms with E-state index in [1.165, 1.54) is 6.07 Å². The minimum absolute atomic E-state index is 0.0139. The molecule has 0 spiro atoms. The Labute approximate surface area is 261 Å². The lowest BCUT2D eigenvalue weighted by Gasteiger charge is -2.26. The van der Waals surface area contributed by atoms with Gasteiger partial charge in [0.05, 0.1) is 11.7 Å². The molecule has 0 fully saturated rings. The Balaban J connectivity index is 1.38. The number of carboxylic acid groups (broad SMARTS) is 1. The van der Waals surface area contributed by atoms with Crippen LogP contribution >= 0.6 is 11.8 Å². The van der Waals surface area contributed by atoms with Crippen molar-refractivity contribution in [3.05, 3.63) is 102 Å². The minimum Gasteiger partial charge on any atom is -0.481 e. The normalized spacial score (nSPS) is 17.3. The van der Waals surface area contributed by atoms with Gasteiger partial charge in [-0.1, -0.05) is 56.7 Å². The number of aliphatic carboxylic acids is 1. The first kappa shape index (κ1) is 30.0. The minimum atomic E-state index is -0.793. The van der Waals surface area contributed by atoms with E-state index in [2.05, 4.69) is 31.0 Å². The summed E-state index contributed by atoms with van der Waals surface area (Å²) in [6.07, 6.45) is 8.17. The quantitative estimate of drug-likeness (QED) is 0.212. The number of aromatic amines is 1. The van der Waals surface area contributed by atoms with Gasteiger partial charge in [-0.3, -0.25) is 9.48 Å². The predicted octanol–water partition coefficient (Wildman–Crippen LogP) is 9.06. The fraction of sp³-hybridized carbons (Fsp3) is 0.333. The van der Waals surface area contributed by atoms with Crippen LogP contribution in [0.2, 0.25) is 0 Å². The van der Waals surface area contributed by atoms with E-state index in [1.54, 1.807) is 0 Å². The zero-order valence-corrected chi connectivity index (χ0v) is 26.0. The van der Waals surface area contributed by atoms with Gasteiger partial charge in [0.2, 0.25) is 0 Å². The number of nitrogens with zero attached hydrogens (tertiary/aromatic N) is 2. The highest BCUT2D eigenvalue weighted by Gasteiger charge is 2.23. The van der Waals surface area contributed by atoms with E-state index in [4.69, 9.17) is 9.84 Å². The monoisotopic (exact) mass is 611 g/mol. The number of hydrogen-bond donors (Lipinski definition) is 2. The Kier molecular flexibility index (Phi) is 8.80. The Hall–Kier alpha value is -4.04. The number of carbonyl (C=O) groups is 1. The van der Waals surface area contributed by atoms with Crippen LogP contribution in [0.3, 0.4) is 0 Å². The number of aromatic nitrogens is 3. The third kappa shape index (κ3) is 6.86. The number of halogens is 1. The second-order valence-electron chi connectivity index (χ2n) is 12.4. The van der Waals surface area contributed by atoms with E-state index in [9.17, 15) is 9.90 Å². The molecule has 4 bridgehead atoms. The zero-order valence-electron chi connectivity index (χ0n) is 25.2. The number of fused-ring (bicyclic) bond motifs is 8. The summed E-state index contributed by atoms with van der Waals surface area (Å²) in [7, 11) is 0. The Morgan fingerprint density at radius 3 is 2.89 bits per heavy atom. The number of benzene rings is 3. The Morgan fingerprint density at radius 2 is 2.02 bits per heavy atom. The number of ether oxygens (including phenoxy) is 1. The third-order valence-electron chi connectivity index (χ3n) is 8.43. The van der Waals surface area contributed by atoms with Gasteiger partial charge in [0.25, 0.3) is 0 Å². The number of carboxylic acids is 1. The Morgan fingerprint density at radius 1 is 1.16 bits per heavy atom. The number of thioether (sulfide) groups is 1. The smallest absolute Gasteiger partial charge is 0.303 e. The van der Waals surface area contributed by atoms with E-state index in [1.807, 2.05) is 77.4 Å². The summed E-state index contributed by atoms with van der Waals surface area (Å²) < 4.78 is 23.8. The second kappa shape index (κ2) is 12.9. The van der Waals surface area contributed by atoms with Crippen molar-refractivity contribution in [2.75, 3.05) is 11.5 Å². The number of nitrogens with one attached hydrogen (secondary N) is 1. The lowest BCUT2D eigenvalue weighted by Crippen LogP contribution is -2.17. The zero-order chi connectivity index (χ0) is 30.7. The van der Waals surface area contributed by atoms with E-state index in [0.717, 1.165) is 69.6 Å². The van der Waals surface area contributed by atoms with Crippen LogP contribution in [0.1, 0.15) is 62.3 Å². The highest BCUT2D eigenvalue weighted by molar-refractivity contribution is 7.99. The summed E-state index contributed by atoms with van der Waals surface area (Å²) in [5.74, 6) is 1.53. The Bertz CT molecular complexity index is 1780. The molecule has 1 aliphatic heterocycles. The maximum absolute atomic E-state index is 15.5. The standard InChI is InChI=1S/C36H38FN3O3S/c1-36(2)16-5-10-33(26-8-3-6-24(20-26)11-12-34(41)42)40-18-14-31(39-40)25-7-4-9-27(21-25)43-35-29(15-19-44-23-36)28-13-17-38-32(28)22-30(35)37/h3-4,6-9,13-14,17-18,20-22,33,38H,5,10-12,15-16,19,23H2,1-2H3,(H,41,42). The van der Waals surface area contributed by atoms with E-state index in [-0.39, 0.29) is 29.4 Å².